The van der Waals surface area contributed by atoms with Crippen molar-refractivity contribution in [2.75, 3.05) is 0 Å². The molecule has 0 aliphatic heterocycles. The molecule has 0 spiro atoms. The largest absolute Gasteiger partial charge is 0.295 e. The van der Waals surface area contributed by atoms with Gasteiger partial charge in [-0.15, -0.1) is 0 Å². The topological polar surface area (TPSA) is 17.1 Å². The van der Waals surface area contributed by atoms with E-state index >= 15 is 0 Å². The number of hydrogen-bond donors (Lipinski definition) is 0. The van der Waals surface area contributed by atoms with Crippen molar-refractivity contribution < 1.29 is 4.79 Å². The van der Waals surface area contributed by atoms with E-state index < -0.39 is 0 Å². The average Bonchev–Trinajstić information content (AvgIpc) is 2.83. The van der Waals surface area contributed by atoms with Crippen molar-refractivity contribution in [3.63, 3.8) is 0 Å². The predicted molar refractivity (Wildman–Crippen MR) is 85.8 cm³/mol. The summed E-state index contributed by atoms with van der Waals surface area (Å²) in [5, 5.41) is 0. The Bertz CT molecular complexity index is 552. The highest BCUT2D eigenvalue weighted by atomic mass is 16.1. The summed E-state index contributed by atoms with van der Waals surface area (Å²) in [5.41, 5.74) is 3.38. The van der Waals surface area contributed by atoms with Crippen molar-refractivity contribution in [2.24, 2.45) is 29.1 Å². The van der Waals surface area contributed by atoms with Gasteiger partial charge in [0.05, 0.1) is 0 Å². The molecule has 0 amide bonds. The normalized spacial score (nSPS) is 45.1. The zero-order valence-electron chi connectivity index (χ0n) is 13.1. The van der Waals surface area contributed by atoms with Crippen molar-refractivity contribution in [1.82, 2.24) is 0 Å². The molecule has 0 aromatic carbocycles. The van der Waals surface area contributed by atoms with E-state index in [1.165, 1.54) is 43.3 Å². The number of carbonyl (C=O) groups excluding carboxylic acids is 1. The Morgan fingerprint density at radius 1 is 1.24 bits per heavy atom. The molecule has 112 valence electrons. The number of fused-ring (bicyclic) bond motifs is 5. The molecular formula is C20H26O. The van der Waals surface area contributed by atoms with E-state index in [1.54, 1.807) is 0 Å². The van der Waals surface area contributed by atoms with Gasteiger partial charge in [-0.05, 0) is 79.3 Å². The second kappa shape index (κ2) is 4.69. The molecule has 5 unspecified atom stereocenters. The molecule has 5 atom stereocenters. The fraction of sp³-hybridized carbons (Fsp3) is 0.650. The first-order chi connectivity index (χ1) is 10.1. The van der Waals surface area contributed by atoms with Crippen LogP contribution in [0.5, 0.6) is 0 Å². The Morgan fingerprint density at radius 2 is 2.10 bits per heavy atom. The molecular weight excluding hydrogens is 256 g/mol. The van der Waals surface area contributed by atoms with Crippen molar-refractivity contribution in [1.29, 1.82) is 0 Å². The van der Waals surface area contributed by atoms with Crippen molar-refractivity contribution >= 4 is 5.78 Å². The minimum atomic E-state index is 0.372. The van der Waals surface area contributed by atoms with Crippen molar-refractivity contribution in [3.05, 3.63) is 36.0 Å². The van der Waals surface area contributed by atoms with Crippen LogP contribution in [0.15, 0.2) is 36.0 Å². The summed E-state index contributed by atoms with van der Waals surface area (Å²) >= 11 is 0. The second-order valence-electron chi connectivity index (χ2n) is 7.86. The van der Waals surface area contributed by atoms with Gasteiger partial charge in [0.25, 0.3) is 0 Å². The lowest BCUT2D eigenvalue weighted by atomic mass is 9.51. The lowest BCUT2D eigenvalue weighted by Gasteiger charge is -2.53. The Labute approximate surface area is 128 Å². The third-order valence-corrected chi connectivity index (χ3v) is 7.16. The van der Waals surface area contributed by atoms with Gasteiger partial charge in [-0.3, -0.25) is 4.79 Å². The first-order valence-electron chi connectivity index (χ1n) is 8.70. The fourth-order valence-electron chi connectivity index (χ4n) is 6.10. The average molecular weight is 282 g/mol. The Morgan fingerprint density at radius 3 is 2.90 bits per heavy atom. The van der Waals surface area contributed by atoms with Crippen LogP contribution in [-0.4, -0.2) is 5.78 Å². The van der Waals surface area contributed by atoms with Gasteiger partial charge < -0.3 is 0 Å². The summed E-state index contributed by atoms with van der Waals surface area (Å²) < 4.78 is 0. The summed E-state index contributed by atoms with van der Waals surface area (Å²) in [4.78, 5) is 11.7. The van der Waals surface area contributed by atoms with Crippen LogP contribution in [-0.2, 0) is 4.79 Å². The Kier molecular flexibility index (Phi) is 3.03. The first kappa shape index (κ1) is 13.5. The molecule has 4 rings (SSSR count). The standard InChI is InChI=1S/C20H26O/c1-3-14-5-9-19-18-7-4-13-12-15(21)6-8-16(13)17(18)10-11-20(14,19)2/h3,5,12,16-19H,1,4,6-11H2,2H3. The van der Waals surface area contributed by atoms with Crippen LogP contribution < -0.4 is 0 Å². The molecule has 4 aliphatic carbocycles. The van der Waals surface area contributed by atoms with Crippen LogP contribution in [0, 0.1) is 29.1 Å². The third-order valence-electron chi connectivity index (χ3n) is 7.16. The van der Waals surface area contributed by atoms with E-state index in [4.69, 9.17) is 0 Å². The van der Waals surface area contributed by atoms with Gasteiger partial charge in [-0.25, -0.2) is 0 Å². The van der Waals surface area contributed by atoms with E-state index in [0.717, 1.165) is 36.5 Å². The molecule has 0 saturated heterocycles. The smallest absolute Gasteiger partial charge is 0.155 e. The number of allylic oxidation sites excluding steroid dienone is 5. The SMILES string of the molecule is C=CC1=CCC2C3CCC4=CC(=O)CCC4C3CCC12C. The Balaban J connectivity index is 1.63. The third kappa shape index (κ3) is 1.86. The quantitative estimate of drug-likeness (QED) is 0.672. The van der Waals surface area contributed by atoms with Crippen LogP contribution in [0.3, 0.4) is 0 Å². The lowest BCUT2D eigenvalue weighted by molar-refractivity contribution is -0.115. The maximum Gasteiger partial charge on any atom is 0.155 e. The van der Waals surface area contributed by atoms with E-state index in [1.807, 2.05) is 6.08 Å². The number of ketones is 1. The van der Waals surface area contributed by atoms with E-state index in [-0.39, 0.29) is 0 Å². The minimum absolute atomic E-state index is 0.372. The van der Waals surface area contributed by atoms with Gasteiger partial charge in [0.2, 0.25) is 0 Å². The second-order valence-corrected chi connectivity index (χ2v) is 7.86. The van der Waals surface area contributed by atoms with Gasteiger partial charge in [-0.1, -0.05) is 31.2 Å². The number of hydrogen-bond acceptors (Lipinski definition) is 1. The molecule has 0 bridgehead atoms. The van der Waals surface area contributed by atoms with E-state index in [9.17, 15) is 4.79 Å². The predicted octanol–water partition coefficient (Wildman–Crippen LogP) is 4.85. The molecule has 0 heterocycles. The minimum Gasteiger partial charge on any atom is -0.295 e. The van der Waals surface area contributed by atoms with E-state index in [0.29, 0.717) is 11.2 Å². The maximum atomic E-state index is 11.7. The molecule has 0 N–H and O–H groups in total. The van der Waals surface area contributed by atoms with Crippen LogP contribution in [0.2, 0.25) is 0 Å². The summed E-state index contributed by atoms with van der Waals surface area (Å²) in [6, 6.07) is 0. The number of carbonyl (C=O) groups is 1. The highest BCUT2D eigenvalue weighted by molar-refractivity contribution is 5.91. The molecule has 4 aliphatic rings. The van der Waals surface area contributed by atoms with Gasteiger partial charge in [-0.2, -0.15) is 0 Å². The summed E-state index contributed by atoms with van der Waals surface area (Å²) in [5.74, 6) is 3.63. The highest BCUT2D eigenvalue weighted by Crippen LogP contribution is 2.61. The van der Waals surface area contributed by atoms with Gasteiger partial charge >= 0.3 is 0 Å². The molecule has 2 saturated carbocycles. The van der Waals surface area contributed by atoms with Crippen LogP contribution >= 0.6 is 0 Å². The van der Waals surface area contributed by atoms with Gasteiger partial charge in [0, 0.05) is 6.42 Å². The van der Waals surface area contributed by atoms with Gasteiger partial charge in [0.1, 0.15) is 0 Å². The molecule has 1 nitrogen and oxygen atoms in total. The summed E-state index contributed by atoms with van der Waals surface area (Å²) in [6.07, 6.45) is 14.9. The molecule has 0 radical (unpaired) electrons. The highest BCUT2D eigenvalue weighted by Gasteiger charge is 2.52. The van der Waals surface area contributed by atoms with Crippen LogP contribution in [0.1, 0.15) is 51.9 Å². The first-order valence-corrected chi connectivity index (χ1v) is 8.70. The maximum absolute atomic E-state index is 11.7. The summed E-state index contributed by atoms with van der Waals surface area (Å²) in [7, 11) is 0. The summed E-state index contributed by atoms with van der Waals surface area (Å²) in [6.45, 7) is 6.52. The zero-order valence-corrected chi connectivity index (χ0v) is 13.1. The van der Waals surface area contributed by atoms with Gasteiger partial charge in [0.15, 0.2) is 5.78 Å². The molecule has 21 heavy (non-hydrogen) atoms. The number of rotatable bonds is 1. The van der Waals surface area contributed by atoms with Crippen molar-refractivity contribution in [2.45, 2.75) is 51.9 Å². The fourth-order valence-corrected chi connectivity index (χ4v) is 6.10. The molecule has 0 aromatic heterocycles. The molecule has 0 aromatic rings. The monoisotopic (exact) mass is 282 g/mol. The zero-order chi connectivity index (χ0) is 14.6. The lowest BCUT2D eigenvalue weighted by Crippen LogP contribution is -2.45. The van der Waals surface area contributed by atoms with E-state index in [2.05, 4.69) is 25.7 Å². The Hall–Kier alpha value is -1.11. The molecule has 1 heteroatoms. The van der Waals surface area contributed by atoms with Crippen LogP contribution in [0.4, 0.5) is 0 Å². The van der Waals surface area contributed by atoms with Crippen molar-refractivity contribution in [3.8, 4) is 0 Å². The van der Waals surface area contributed by atoms with Crippen LogP contribution in [0.25, 0.3) is 0 Å². The molecule has 2 fully saturated rings.